The summed E-state index contributed by atoms with van der Waals surface area (Å²) in [5.41, 5.74) is -0.215. The van der Waals surface area contributed by atoms with Gasteiger partial charge in [-0.2, -0.15) is 0 Å². The molecule has 0 aromatic carbocycles. The van der Waals surface area contributed by atoms with Gasteiger partial charge < -0.3 is 5.11 Å². The van der Waals surface area contributed by atoms with E-state index in [1.807, 2.05) is 25.7 Å². The average molecular weight is 277 g/mol. The highest BCUT2D eigenvalue weighted by Crippen LogP contribution is 2.25. The number of carbonyl (C=O) groups is 1. The van der Waals surface area contributed by atoms with Crippen molar-refractivity contribution < 1.29 is 18.3 Å². The average Bonchev–Trinajstić information content (AvgIpc) is 2.13. The molecule has 0 aliphatic carbocycles. The minimum absolute atomic E-state index is 0.0494. The van der Waals surface area contributed by atoms with E-state index < -0.39 is 15.8 Å². The number of carboxylic acids is 1. The van der Waals surface area contributed by atoms with Crippen LogP contribution in [-0.2, 0) is 14.6 Å². The van der Waals surface area contributed by atoms with Crippen LogP contribution in [0.25, 0.3) is 0 Å². The molecule has 1 saturated heterocycles. The quantitative estimate of drug-likeness (QED) is 0.834. The predicted molar refractivity (Wildman–Crippen MR) is 70.4 cm³/mol. The van der Waals surface area contributed by atoms with Crippen LogP contribution in [0.15, 0.2) is 0 Å². The molecule has 1 aliphatic heterocycles. The summed E-state index contributed by atoms with van der Waals surface area (Å²) in [6, 6.07) is -0.0527. The van der Waals surface area contributed by atoms with Crippen LogP contribution in [0.2, 0.25) is 0 Å². The molecule has 0 saturated carbocycles. The Morgan fingerprint density at radius 2 is 2.00 bits per heavy atom. The molecule has 0 spiro atoms. The maximum absolute atomic E-state index is 11.7. The van der Waals surface area contributed by atoms with Gasteiger partial charge in [0.1, 0.15) is 0 Å². The predicted octanol–water partition coefficient (Wildman–Crippen LogP) is 1.14. The fourth-order valence-electron chi connectivity index (χ4n) is 2.53. The van der Waals surface area contributed by atoms with Gasteiger partial charge in [-0.1, -0.05) is 0 Å². The Morgan fingerprint density at radius 1 is 1.39 bits per heavy atom. The van der Waals surface area contributed by atoms with Crippen molar-refractivity contribution in [2.75, 3.05) is 18.1 Å². The van der Waals surface area contributed by atoms with Crippen LogP contribution in [0.4, 0.5) is 0 Å². The van der Waals surface area contributed by atoms with Crippen LogP contribution < -0.4 is 0 Å². The maximum atomic E-state index is 11.7. The summed E-state index contributed by atoms with van der Waals surface area (Å²) >= 11 is 0. The number of sulfone groups is 1. The van der Waals surface area contributed by atoms with Gasteiger partial charge >= 0.3 is 5.97 Å². The third kappa shape index (κ3) is 4.57. The van der Waals surface area contributed by atoms with E-state index in [-0.39, 0.29) is 29.5 Å². The Kier molecular flexibility index (Phi) is 4.78. The summed E-state index contributed by atoms with van der Waals surface area (Å²) in [5.74, 6) is -0.424. The number of nitrogens with zero attached hydrogens (tertiary/aromatic N) is 1. The van der Waals surface area contributed by atoms with Gasteiger partial charge in [-0.05, 0) is 33.6 Å². The number of carboxylic acid groups (broad SMARTS) is 1. The molecule has 0 amide bonds. The Bertz CT molecular complexity index is 397. The van der Waals surface area contributed by atoms with E-state index in [0.29, 0.717) is 13.0 Å². The SMILES string of the molecule is CC(C)(C)N(CCC(=O)O)C1CCCS(=O)(=O)C1. The van der Waals surface area contributed by atoms with Gasteiger partial charge in [0.05, 0.1) is 17.9 Å². The van der Waals surface area contributed by atoms with E-state index in [1.165, 1.54) is 0 Å². The molecule has 1 rings (SSSR count). The second-order valence-corrected chi connectivity index (χ2v) is 8.15. The first kappa shape index (κ1) is 15.4. The molecule has 0 aromatic rings. The Labute approximate surface area is 109 Å². The van der Waals surface area contributed by atoms with E-state index in [1.54, 1.807) is 0 Å². The molecule has 18 heavy (non-hydrogen) atoms. The van der Waals surface area contributed by atoms with Gasteiger partial charge in [0.15, 0.2) is 9.84 Å². The largest absolute Gasteiger partial charge is 0.481 e. The normalized spacial score (nSPS) is 24.1. The van der Waals surface area contributed by atoms with Crippen molar-refractivity contribution >= 4 is 15.8 Å². The summed E-state index contributed by atoms with van der Waals surface area (Å²) in [7, 11) is -2.96. The van der Waals surface area contributed by atoms with E-state index >= 15 is 0 Å². The second kappa shape index (κ2) is 5.57. The number of hydrogen-bond donors (Lipinski definition) is 1. The summed E-state index contributed by atoms with van der Waals surface area (Å²) < 4.78 is 23.4. The van der Waals surface area contributed by atoms with E-state index in [9.17, 15) is 13.2 Å². The van der Waals surface area contributed by atoms with Crippen molar-refractivity contribution in [1.29, 1.82) is 0 Å². The van der Waals surface area contributed by atoms with Crippen molar-refractivity contribution in [2.45, 2.75) is 51.6 Å². The lowest BCUT2D eigenvalue weighted by molar-refractivity contribution is -0.137. The van der Waals surface area contributed by atoms with Crippen LogP contribution in [-0.4, -0.2) is 54.0 Å². The molecule has 5 nitrogen and oxygen atoms in total. The first-order valence-corrected chi connectivity index (χ1v) is 8.13. The minimum Gasteiger partial charge on any atom is -0.481 e. The molecular formula is C12H23NO4S. The number of aliphatic carboxylic acids is 1. The Morgan fingerprint density at radius 3 is 2.44 bits per heavy atom. The number of hydrogen-bond acceptors (Lipinski definition) is 4. The summed E-state index contributed by atoms with van der Waals surface area (Å²) in [5, 5.41) is 8.78. The molecule has 0 bridgehead atoms. The van der Waals surface area contributed by atoms with Gasteiger partial charge in [-0.25, -0.2) is 8.42 Å². The molecule has 1 atom stereocenters. The zero-order chi connectivity index (χ0) is 14.0. The van der Waals surface area contributed by atoms with Crippen LogP contribution in [0, 0.1) is 0 Å². The van der Waals surface area contributed by atoms with Crippen LogP contribution in [0.5, 0.6) is 0 Å². The Hall–Kier alpha value is -0.620. The minimum atomic E-state index is -2.96. The van der Waals surface area contributed by atoms with Gasteiger partial charge in [0, 0.05) is 18.1 Å². The van der Waals surface area contributed by atoms with Gasteiger partial charge in [-0.15, -0.1) is 0 Å². The molecule has 0 radical (unpaired) electrons. The van der Waals surface area contributed by atoms with Crippen LogP contribution in [0.3, 0.4) is 0 Å². The standard InChI is InChI=1S/C12H23NO4S/c1-12(2,3)13(7-6-11(14)15)10-5-4-8-18(16,17)9-10/h10H,4-9H2,1-3H3,(H,14,15). The summed E-state index contributed by atoms with van der Waals surface area (Å²) in [6.07, 6.45) is 1.55. The molecule has 1 heterocycles. The third-order valence-electron chi connectivity index (χ3n) is 3.31. The molecule has 6 heteroatoms. The smallest absolute Gasteiger partial charge is 0.304 e. The van der Waals surface area contributed by atoms with Gasteiger partial charge in [0.25, 0.3) is 0 Å². The van der Waals surface area contributed by atoms with E-state index in [0.717, 1.165) is 6.42 Å². The summed E-state index contributed by atoms with van der Waals surface area (Å²) in [4.78, 5) is 12.7. The lowest BCUT2D eigenvalue weighted by atomic mass is 10.00. The van der Waals surface area contributed by atoms with Crippen LogP contribution >= 0.6 is 0 Å². The Balaban J connectivity index is 2.79. The molecule has 0 aromatic heterocycles. The molecule has 1 unspecified atom stereocenters. The maximum Gasteiger partial charge on any atom is 0.304 e. The van der Waals surface area contributed by atoms with Crippen LogP contribution in [0.1, 0.15) is 40.0 Å². The highest BCUT2D eigenvalue weighted by Gasteiger charge is 2.34. The highest BCUT2D eigenvalue weighted by atomic mass is 32.2. The van der Waals surface area contributed by atoms with Crippen molar-refractivity contribution in [3.63, 3.8) is 0 Å². The summed E-state index contributed by atoms with van der Waals surface area (Å²) in [6.45, 7) is 6.39. The molecule has 106 valence electrons. The molecule has 1 N–H and O–H groups in total. The highest BCUT2D eigenvalue weighted by molar-refractivity contribution is 7.91. The first-order chi connectivity index (χ1) is 8.12. The van der Waals surface area contributed by atoms with Crippen molar-refractivity contribution in [1.82, 2.24) is 4.90 Å². The first-order valence-electron chi connectivity index (χ1n) is 6.31. The fourth-order valence-corrected chi connectivity index (χ4v) is 4.23. The fraction of sp³-hybridized carbons (Fsp3) is 0.917. The third-order valence-corrected chi connectivity index (χ3v) is 5.11. The zero-order valence-electron chi connectivity index (χ0n) is 11.3. The molecule has 1 fully saturated rings. The molecule has 1 aliphatic rings. The van der Waals surface area contributed by atoms with E-state index in [2.05, 4.69) is 0 Å². The zero-order valence-corrected chi connectivity index (χ0v) is 12.2. The monoisotopic (exact) mass is 277 g/mol. The van der Waals surface area contributed by atoms with Crippen molar-refractivity contribution in [3.05, 3.63) is 0 Å². The van der Waals surface area contributed by atoms with Crippen molar-refractivity contribution in [3.8, 4) is 0 Å². The lowest BCUT2D eigenvalue weighted by Crippen LogP contribution is -2.53. The lowest BCUT2D eigenvalue weighted by Gasteiger charge is -2.42. The van der Waals surface area contributed by atoms with E-state index in [4.69, 9.17) is 5.11 Å². The molecular weight excluding hydrogens is 254 g/mol. The van der Waals surface area contributed by atoms with Gasteiger partial charge in [0.2, 0.25) is 0 Å². The topological polar surface area (TPSA) is 74.7 Å². The van der Waals surface area contributed by atoms with Crippen molar-refractivity contribution in [2.24, 2.45) is 0 Å². The second-order valence-electron chi connectivity index (χ2n) is 5.92. The number of rotatable bonds is 4. The van der Waals surface area contributed by atoms with Gasteiger partial charge in [-0.3, -0.25) is 9.69 Å².